The predicted octanol–water partition coefficient (Wildman–Crippen LogP) is 2.42. The van der Waals surface area contributed by atoms with E-state index in [-0.39, 0.29) is 29.7 Å². The van der Waals surface area contributed by atoms with Gasteiger partial charge in [-0.3, -0.25) is 9.59 Å². The number of anilines is 2. The van der Waals surface area contributed by atoms with Crippen molar-refractivity contribution in [2.75, 3.05) is 17.2 Å². The Morgan fingerprint density at radius 2 is 1.73 bits per heavy atom. The van der Waals surface area contributed by atoms with E-state index in [1.54, 1.807) is 6.07 Å². The van der Waals surface area contributed by atoms with E-state index in [2.05, 4.69) is 31.0 Å². The number of nitrogens with one attached hydrogen (secondary N) is 1. The highest BCUT2D eigenvalue weighted by Crippen LogP contribution is 2.38. The molecule has 0 bridgehead atoms. The van der Waals surface area contributed by atoms with Gasteiger partial charge in [-0.15, -0.1) is 0 Å². The van der Waals surface area contributed by atoms with Crippen molar-refractivity contribution in [3.05, 3.63) is 59.4 Å². The van der Waals surface area contributed by atoms with Crippen LogP contribution in [-0.4, -0.2) is 57.8 Å². The molecule has 2 aliphatic rings. The van der Waals surface area contributed by atoms with Gasteiger partial charge in [0.2, 0.25) is 0 Å². The first-order valence-electron chi connectivity index (χ1n) is 12.9. The molecule has 0 aliphatic carbocycles. The Hall–Kier alpha value is -3.17. The first-order valence-corrected chi connectivity index (χ1v) is 12.9. The van der Waals surface area contributed by atoms with E-state index in [1.165, 1.54) is 17.0 Å². The fourth-order valence-electron chi connectivity index (χ4n) is 5.71. The summed E-state index contributed by atoms with van der Waals surface area (Å²) in [4.78, 5) is 29.1. The van der Waals surface area contributed by atoms with Crippen molar-refractivity contribution in [3.63, 3.8) is 0 Å². The number of piperidine rings is 1. The van der Waals surface area contributed by atoms with Crippen LogP contribution in [0.1, 0.15) is 44.7 Å². The van der Waals surface area contributed by atoms with Crippen LogP contribution in [0.2, 0.25) is 0 Å². The summed E-state index contributed by atoms with van der Waals surface area (Å²) in [7, 11) is 0. The maximum Gasteiger partial charge on any atom is 0.255 e. The third-order valence-electron chi connectivity index (χ3n) is 7.66. The topological polar surface area (TPSA) is 119 Å². The van der Waals surface area contributed by atoms with Crippen LogP contribution in [0.3, 0.4) is 0 Å². The van der Waals surface area contributed by atoms with Gasteiger partial charge in [0.15, 0.2) is 12.2 Å². The Bertz CT molecular complexity index is 1120. The lowest BCUT2D eigenvalue weighted by atomic mass is 9.81. The molecule has 2 aromatic rings. The molecule has 1 fully saturated rings. The highest BCUT2D eigenvalue weighted by atomic mass is 19.1. The van der Waals surface area contributed by atoms with Gasteiger partial charge >= 0.3 is 0 Å². The summed E-state index contributed by atoms with van der Waals surface area (Å²) in [6.07, 6.45) is -2.17. The molecule has 8 nitrogen and oxygen atoms in total. The second kappa shape index (κ2) is 11.1. The van der Waals surface area contributed by atoms with Crippen LogP contribution >= 0.6 is 0 Å². The van der Waals surface area contributed by atoms with Crippen molar-refractivity contribution >= 4 is 23.2 Å². The van der Waals surface area contributed by atoms with Crippen LogP contribution in [0.15, 0.2) is 42.5 Å². The molecule has 2 aliphatic heterocycles. The molecule has 0 saturated carbocycles. The first kappa shape index (κ1) is 26.9. The lowest BCUT2D eigenvalue weighted by Crippen LogP contribution is -2.54. The Kier molecular flexibility index (Phi) is 8.04. The van der Waals surface area contributed by atoms with Gasteiger partial charge in [0.1, 0.15) is 5.82 Å². The summed E-state index contributed by atoms with van der Waals surface area (Å²) in [5.41, 5.74) is 9.32. The normalized spacial score (nSPS) is 23.1. The minimum Gasteiger partial charge on any atom is -0.397 e. The number of amides is 2. The number of aliphatic hydroxyl groups is 2. The molecule has 5 atom stereocenters. The fraction of sp³-hybridized carbons (Fsp3) is 0.500. The van der Waals surface area contributed by atoms with E-state index in [0.717, 1.165) is 29.7 Å². The molecular formula is C28H37FN4O4. The molecule has 37 heavy (non-hydrogen) atoms. The minimum absolute atomic E-state index is 0.0877. The summed E-state index contributed by atoms with van der Waals surface area (Å²) in [6, 6.07) is 12.3. The minimum atomic E-state index is -1.85. The van der Waals surface area contributed by atoms with Crippen LogP contribution < -0.4 is 16.0 Å². The summed E-state index contributed by atoms with van der Waals surface area (Å²) in [5, 5.41) is 23.6. The smallest absolute Gasteiger partial charge is 0.255 e. The number of fused-ring (bicyclic) bond motifs is 1. The maximum atomic E-state index is 13.6. The first-order chi connectivity index (χ1) is 17.6. The van der Waals surface area contributed by atoms with Crippen LogP contribution in [0.5, 0.6) is 0 Å². The molecule has 2 amide bonds. The van der Waals surface area contributed by atoms with Crippen molar-refractivity contribution < 1.29 is 24.2 Å². The Balaban J connectivity index is 1.34. The van der Waals surface area contributed by atoms with Crippen molar-refractivity contribution in [2.45, 2.75) is 71.0 Å². The van der Waals surface area contributed by atoms with Gasteiger partial charge in [0, 0.05) is 31.7 Å². The molecule has 200 valence electrons. The largest absolute Gasteiger partial charge is 0.397 e. The number of benzene rings is 2. The average Bonchev–Trinajstić information content (AvgIpc) is 3.30. The van der Waals surface area contributed by atoms with E-state index in [9.17, 15) is 24.2 Å². The lowest BCUT2D eigenvalue weighted by molar-refractivity contribution is -0.153. The number of rotatable bonds is 7. The van der Waals surface area contributed by atoms with Gasteiger partial charge in [-0.05, 0) is 60.9 Å². The van der Waals surface area contributed by atoms with E-state index >= 15 is 0 Å². The number of nitrogens with two attached hydrogens (primary N) is 1. The van der Waals surface area contributed by atoms with Crippen molar-refractivity contribution in [1.82, 2.24) is 10.2 Å². The molecule has 1 saturated heterocycles. The number of hydrogen-bond donors (Lipinski definition) is 4. The van der Waals surface area contributed by atoms with E-state index in [1.807, 2.05) is 24.3 Å². The summed E-state index contributed by atoms with van der Waals surface area (Å²) < 4.78 is 13.6. The quantitative estimate of drug-likeness (QED) is 0.423. The Morgan fingerprint density at radius 3 is 2.32 bits per heavy atom. The van der Waals surface area contributed by atoms with Gasteiger partial charge in [0.05, 0.1) is 11.4 Å². The number of aliphatic hydroxyl groups excluding tert-OH is 2. The van der Waals surface area contributed by atoms with Gasteiger partial charge < -0.3 is 31.1 Å². The Labute approximate surface area is 217 Å². The SMILES string of the molecule is CC(C)[C@@H]1CC(CNC(=O)[C@H](O)[C@@H](O)C(=O)N2Cc3ccccc3C2)CC(C)N1c1ccc(F)cc1N. The molecule has 0 radical (unpaired) electrons. The number of carbonyl (C=O) groups excluding carboxylic acids is 2. The molecule has 2 aromatic carbocycles. The average molecular weight is 513 g/mol. The van der Waals surface area contributed by atoms with Crippen LogP contribution in [-0.2, 0) is 22.7 Å². The number of carbonyl (C=O) groups is 2. The van der Waals surface area contributed by atoms with Crippen molar-refractivity contribution in [2.24, 2.45) is 11.8 Å². The monoisotopic (exact) mass is 512 g/mol. The zero-order valence-electron chi connectivity index (χ0n) is 21.6. The highest BCUT2D eigenvalue weighted by molar-refractivity contribution is 5.91. The van der Waals surface area contributed by atoms with Gasteiger partial charge in [0.25, 0.3) is 11.8 Å². The third kappa shape index (κ3) is 5.72. The molecule has 9 heteroatoms. The third-order valence-corrected chi connectivity index (χ3v) is 7.66. The summed E-state index contributed by atoms with van der Waals surface area (Å²) in [5.74, 6) is -1.41. The predicted molar refractivity (Wildman–Crippen MR) is 140 cm³/mol. The van der Waals surface area contributed by atoms with E-state index < -0.39 is 24.0 Å². The van der Waals surface area contributed by atoms with Gasteiger partial charge in [-0.2, -0.15) is 0 Å². The number of halogens is 1. The maximum absolute atomic E-state index is 13.6. The number of hydrogen-bond acceptors (Lipinski definition) is 6. The molecule has 2 unspecified atom stereocenters. The zero-order valence-corrected chi connectivity index (χ0v) is 21.6. The molecule has 0 aromatic heterocycles. The van der Waals surface area contributed by atoms with E-state index in [0.29, 0.717) is 25.3 Å². The number of nitrogens with zero attached hydrogens (tertiary/aromatic N) is 2. The van der Waals surface area contributed by atoms with Gasteiger partial charge in [-0.1, -0.05) is 38.1 Å². The summed E-state index contributed by atoms with van der Waals surface area (Å²) in [6.45, 7) is 7.31. The van der Waals surface area contributed by atoms with Gasteiger partial charge in [-0.25, -0.2) is 4.39 Å². The zero-order chi connectivity index (χ0) is 26.9. The second-order valence-corrected chi connectivity index (χ2v) is 10.7. The second-order valence-electron chi connectivity index (χ2n) is 10.7. The molecule has 5 N–H and O–H groups in total. The highest BCUT2D eigenvalue weighted by Gasteiger charge is 2.38. The van der Waals surface area contributed by atoms with Crippen molar-refractivity contribution in [1.29, 1.82) is 0 Å². The molecule has 0 spiro atoms. The molecule has 4 rings (SSSR count). The van der Waals surface area contributed by atoms with Crippen LogP contribution in [0.4, 0.5) is 15.8 Å². The van der Waals surface area contributed by atoms with Crippen molar-refractivity contribution in [3.8, 4) is 0 Å². The fourth-order valence-corrected chi connectivity index (χ4v) is 5.71. The van der Waals surface area contributed by atoms with Crippen LogP contribution in [0.25, 0.3) is 0 Å². The number of nitrogen functional groups attached to an aromatic ring is 1. The van der Waals surface area contributed by atoms with E-state index in [4.69, 9.17) is 5.73 Å². The van der Waals surface area contributed by atoms with Crippen LogP contribution in [0, 0.1) is 17.7 Å². The Morgan fingerprint density at radius 1 is 1.08 bits per heavy atom. The lowest BCUT2D eigenvalue weighted by Gasteiger charge is -2.48. The molecule has 2 heterocycles. The summed E-state index contributed by atoms with van der Waals surface area (Å²) >= 11 is 0. The standard InChI is InChI=1S/C28H37FN4O4/c1-16(2)24-11-18(10-17(3)33(24)23-9-8-21(29)12-22(23)30)13-31-27(36)25(34)26(35)28(37)32-14-19-6-4-5-7-20(19)15-32/h4-9,12,16-18,24-26,34-35H,10-11,13-15,30H2,1-3H3,(H,31,36)/t17?,18?,24-,25+,26+/m0/s1. The molecular weight excluding hydrogens is 475 g/mol.